The van der Waals surface area contributed by atoms with Gasteiger partial charge in [0.25, 0.3) is 0 Å². The van der Waals surface area contributed by atoms with Crippen LogP contribution >= 0.6 is 11.3 Å². The van der Waals surface area contributed by atoms with Crippen molar-refractivity contribution in [2.24, 2.45) is 0 Å². The van der Waals surface area contributed by atoms with Crippen molar-refractivity contribution >= 4 is 17.3 Å². The number of H-pyrrole nitrogens is 1. The molecule has 2 aromatic heterocycles. The predicted molar refractivity (Wildman–Crippen MR) is 69.2 cm³/mol. The van der Waals surface area contributed by atoms with Gasteiger partial charge in [-0.1, -0.05) is 0 Å². The summed E-state index contributed by atoms with van der Waals surface area (Å²) in [4.78, 5) is 20.5. The number of hydrogen-bond acceptors (Lipinski definition) is 5. The van der Waals surface area contributed by atoms with E-state index in [0.717, 1.165) is 17.2 Å². The van der Waals surface area contributed by atoms with Crippen molar-refractivity contribution in [2.45, 2.75) is 19.5 Å². The summed E-state index contributed by atoms with van der Waals surface area (Å²) < 4.78 is 4.63. The second-order valence-corrected chi connectivity index (χ2v) is 5.01. The lowest BCUT2D eigenvalue weighted by molar-refractivity contribution is -0.139. The normalized spacial score (nSPS) is 10.5. The molecule has 0 amide bonds. The van der Waals surface area contributed by atoms with Crippen LogP contribution in [0.25, 0.3) is 0 Å². The zero-order valence-electron chi connectivity index (χ0n) is 10.1. The van der Waals surface area contributed by atoms with Crippen LogP contribution in [0.4, 0.5) is 0 Å². The van der Waals surface area contributed by atoms with Crippen molar-refractivity contribution < 1.29 is 9.53 Å². The van der Waals surface area contributed by atoms with E-state index in [1.807, 2.05) is 12.1 Å². The molecule has 5 nitrogen and oxygen atoms in total. The van der Waals surface area contributed by atoms with Gasteiger partial charge in [-0.3, -0.25) is 4.79 Å². The van der Waals surface area contributed by atoms with Crippen LogP contribution in [0.3, 0.4) is 0 Å². The van der Waals surface area contributed by atoms with E-state index in [1.165, 1.54) is 12.0 Å². The molecule has 6 heteroatoms. The molecule has 2 aromatic rings. The Kier molecular flexibility index (Phi) is 4.49. The van der Waals surface area contributed by atoms with Crippen molar-refractivity contribution in [3.8, 4) is 0 Å². The zero-order chi connectivity index (χ0) is 12.8. The van der Waals surface area contributed by atoms with E-state index < -0.39 is 0 Å². The number of thiophene rings is 1. The molecule has 2 heterocycles. The standard InChI is InChI=1S/C12H15N3O2S/c1-17-12(16)6-9-2-3-10(18-9)7-13-8-11-14-4-5-15-11/h2-5,13H,6-8H2,1H3,(H,14,15). The molecule has 18 heavy (non-hydrogen) atoms. The molecule has 0 saturated carbocycles. The van der Waals surface area contributed by atoms with E-state index >= 15 is 0 Å². The first-order valence-electron chi connectivity index (χ1n) is 5.61. The molecule has 0 bridgehead atoms. The number of nitrogens with zero attached hydrogens (tertiary/aromatic N) is 1. The van der Waals surface area contributed by atoms with Crippen LogP contribution in [0, 0.1) is 0 Å². The topological polar surface area (TPSA) is 67.0 Å². The molecule has 0 aliphatic rings. The van der Waals surface area contributed by atoms with Gasteiger partial charge in [-0.25, -0.2) is 4.98 Å². The second kappa shape index (κ2) is 6.32. The number of methoxy groups -OCH3 is 1. The fraction of sp³-hybridized carbons (Fsp3) is 0.333. The number of ether oxygens (including phenoxy) is 1. The minimum atomic E-state index is -0.202. The molecule has 0 fully saturated rings. The molecule has 96 valence electrons. The SMILES string of the molecule is COC(=O)Cc1ccc(CNCc2ncc[nH]2)s1. The number of carbonyl (C=O) groups is 1. The molecule has 0 saturated heterocycles. The van der Waals surface area contributed by atoms with E-state index in [0.29, 0.717) is 13.0 Å². The molecule has 0 radical (unpaired) electrons. The molecule has 2 rings (SSSR count). The van der Waals surface area contributed by atoms with Gasteiger partial charge in [0, 0.05) is 28.7 Å². The summed E-state index contributed by atoms with van der Waals surface area (Å²) >= 11 is 1.62. The largest absolute Gasteiger partial charge is 0.469 e. The van der Waals surface area contributed by atoms with Gasteiger partial charge in [0.15, 0.2) is 0 Å². The van der Waals surface area contributed by atoms with Crippen LogP contribution in [-0.2, 0) is 29.0 Å². The van der Waals surface area contributed by atoms with E-state index in [-0.39, 0.29) is 5.97 Å². The van der Waals surface area contributed by atoms with Crippen LogP contribution in [0.1, 0.15) is 15.6 Å². The number of imidazole rings is 1. The predicted octanol–water partition coefficient (Wildman–Crippen LogP) is 1.48. The van der Waals surface area contributed by atoms with Gasteiger partial charge >= 0.3 is 5.97 Å². The van der Waals surface area contributed by atoms with Crippen molar-refractivity contribution in [1.82, 2.24) is 15.3 Å². The molecule has 0 spiro atoms. The van der Waals surface area contributed by atoms with Crippen LogP contribution < -0.4 is 5.32 Å². The molecule has 0 aliphatic heterocycles. The smallest absolute Gasteiger partial charge is 0.310 e. The number of esters is 1. The number of carbonyl (C=O) groups excluding carboxylic acids is 1. The highest BCUT2D eigenvalue weighted by molar-refractivity contribution is 7.12. The molecule has 0 aliphatic carbocycles. The third-order valence-electron chi connectivity index (χ3n) is 2.41. The quantitative estimate of drug-likeness (QED) is 0.776. The highest BCUT2D eigenvalue weighted by Crippen LogP contribution is 2.17. The Hall–Kier alpha value is -1.66. The second-order valence-electron chi connectivity index (χ2n) is 3.76. The third-order valence-corrected chi connectivity index (χ3v) is 3.50. The van der Waals surface area contributed by atoms with Gasteiger partial charge in [0.2, 0.25) is 0 Å². The van der Waals surface area contributed by atoms with Gasteiger partial charge in [0.1, 0.15) is 5.82 Å². The summed E-state index contributed by atoms with van der Waals surface area (Å²) in [5.74, 6) is 0.716. The van der Waals surface area contributed by atoms with Crippen molar-refractivity contribution in [3.05, 3.63) is 40.1 Å². The van der Waals surface area contributed by atoms with E-state index in [9.17, 15) is 4.79 Å². The number of aromatic nitrogens is 2. The fourth-order valence-corrected chi connectivity index (χ4v) is 2.50. The van der Waals surface area contributed by atoms with Crippen molar-refractivity contribution in [1.29, 1.82) is 0 Å². The lowest BCUT2D eigenvalue weighted by Crippen LogP contribution is -2.12. The number of rotatable bonds is 6. The van der Waals surface area contributed by atoms with Crippen LogP contribution in [0.5, 0.6) is 0 Å². The highest BCUT2D eigenvalue weighted by atomic mass is 32.1. The lowest BCUT2D eigenvalue weighted by Gasteiger charge is -1.99. The maximum absolute atomic E-state index is 11.1. The monoisotopic (exact) mass is 265 g/mol. The molecular formula is C12H15N3O2S. The molecule has 0 unspecified atom stereocenters. The van der Waals surface area contributed by atoms with Crippen LogP contribution in [0.2, 0.25) is 0 Å². The van der Waals surface area contributed by atoms with E-state index in [4.69, 9.17) is 0 Å². The molecule has 0 aromatic carbocycles. The van der Waals surface area contributed by atoms with Crippen LogP contribution in [0.15, 0.2) is 24.5 Å². The summed E-state index contributed by atoms with van der Waals surface area (Å²) in [7, 11) is 1.40. The van der Waals surface area contributed by atoms with Gasteiger partial charge in [0.05, 0.1) is 20.1 Å². The first-order valence-corrected chi connectivity index (χ1v) is 6.43. The minimum Gasteiger partial charge on any atom is -0.469 e. The fourth-order valence-electron chi connectivity index (χ4n) is 1.53. The third kappa shape index (κ3) is 3.68. The molecule has 0 atom stereocenters. The Morgan fingerprint density at radius 2 is 2.28 bits per heavy atom. The summed E-state index contributed by atoms with van der Waals surface area (Å²) in [5.41, 5.74) is 0. The van der Waals surface area contributed by atoms with Gasteiger partial charge in [-0.05, 0) is 12.1 Å². The number of hydrogen-bond donors (Lipinski definition) is 2. The number of nitrogens with one attached hydrogen (secondary N) is 2. The summed E-state index contributed by atoms with van der Waals surface area (Å²) in [6, 6.07) is 3.99. The average molecular weight is 265 g/mol. The summed E-state index contributed by atoms with van der Waals surface area (Å²) in [6.45, 7) is 1.48. The zero-order valence-corrected chi connectivity index (χ0v) is 10.9. The average Bonchev–Trinajstić information content (AvgIpc) is 3.01. The molecule has 2 N–H and O–H groups in total. The Balaban J connectivity index is 1.78. The maximum Gasteiger partial charge on any atom is 0.310 e. The van der Waals surface area contributed by atoms with Gasteiger partial charge in [-0.2, -0.15) is 0 Å². The maximum atomic E-state index is 11.1. The summed E-state index contributed by atoms with van der Waals surface area (Å²) in [6.07, 6.45) is 3.88. The number of aromatic amines is 1. The van der Waals surface area contributed by atoms with E-state index in [2.05, 4.69) is 20.0 Å². The van der Waals surface area contributed by atoms with Crippen molar-refractivity contribution in [3.63, 3.8) is 0 Å². The lowest BCUT2D eigenvalue weighted by atomic mass is 10.3. The Morgan fingerprint density at radius 1 is 1.44 bits per heavy atom. The Labute approximate surface area is 109 Å². The van der Waals surface area contributed by atoms with Crippen molar-refractivity contribution in [2.75, 3.05) is 7.11 Å². The van der Waals surface area contributed by atoms with Crippen LogP contribution in [-0.4, -0.2) is 23.0 Å². The highest BCUT2D eigenvalue weighted by Gasteiger charge is 2.06. The Bertz CT molecular complexity index is 493. The van der Waals surface area contributed by atoms with Gasteiger partial charge in [-0.15, -0.1) is 11.3 Å². The summed E-state index contributed by atoms with van der Waals surface area (Å²) in [5, 5.41) is 3.29. The minimum absolute atomic E-state index is 0.202. The molecular weight excluding hydrogens is 250 g/mol. The van der Waals surface area contributed by atoms with Gasteiger partial charge < -0.3 is 15.0 Å². The first-order chi connectivity index (χ1) is 8.78. The first kappa shape index (κ1) is 12.8. The van der Waals surface area contributed by atoms with E-state index in [1.54, 1.807) is 23.7 Å². The Morgan fingerprint density at radius 3 is 3.00 bits per heavy atom.